The van der Waals surface area contributed by atoms with E-state index in [1.54, 1.807) is 13.0 Å². The van der Waals surface area contributed by atoms with Crippen molar-refractivity contribution in [2.45, 2.75) is 56.4 Å². The number of piperidine rings is 1. The molecule has 0 aromatic heterocycles. The minimum Gasteiger partial charge on any atom is -0.480 e. The molecule has 3 rings (SSSR count). The van der Waals surface area contributed by atoms with Crippen LogP contribution < -0.4 is 5.32 Å². The fraction of sp³-hybridized carbons (Fsp3) is 0.579. The smallest absolute Gasteiger partial charge is 0.326 e. The molecule has 1 amide bonds. The van der Waals surface area contributed by atoms with Crippen LogP contribution in [0.2, 0.25) is 0 Å². The summed E-state index contributed by atoms with van der Waals surface area (Å²) in [5, 5.41) is 11.9. The predicted molar refractivity (Wildman–Crippen MR) is 100 cm³/mol. The third-order valence-electron chi connectivity index (χ3n) is 5.25. The summed E-state index contributed by atoms with van der Waals surface area (Å²) in [4.78, 5) is 24.1. The van der Waals surface area contributed by atoms with E-state index >= 15 is 0 Å². The average Bonchev–Trinajstić information content (AvgIpc) is 3.46. The summed E-state index contributed by atoms with van der Waals surface area (Å²) in [7, 11) is -3.67. The molecule has 1 saturated heterocycles. The van der Waals surface area contributed by atoms with Crippen LogP contribution in [0.4, 0.5) is 0 Å². The lowest BCUT2D eigenvalue weighted by atomic mass is 10.1. The summed E-state index contributed by atoms with van der Waals surface area (Å²) in [5.74, 6) is -1.28. The van der Waals surface area contributed by atoms with Crippen LogP contribution >= 0.6 is 0 Å². The van der Waals surface area contributed by atoms with Gasteiger partial charge in [0, 0.05) is 18.7 Å². The van der Waals surface area contributed by atoms with Gasteiger partial charge in [-0.15, -0.1) is 0 Å². The Morgan fingerprint density at radius 1 is 1.22 bits per heavy atom. The molecule has 0 radical (unpaired) electrons. The standard InChI is InChI=1S/C19H26N2O5S/c1-13-5-8-15(18(22)20-16(19(23)24)11-14-6-7-14)12-17(13)27(25,26)21-9-3-2-4-10-21/h5,8,12,14,16H,2-4,6-7,9-11H2,1H3,(H,20,22)(H,23,24). The summed E-state index contributed by atoms with van der Waals surface area (Å²) in [6.07, 6.45) is 5.07. The van der Waals surface area contributed by atoms with Gasteiger partial charge in [-0.25, -0.2) is 13.2 Å². The number of carboxylic acids is 1. The van der Waals surface area contributed by atoms with Gasteiger partial charge < -0.3 is 10.4 Å². The van der Waals surface area contributed by atoms with E-state index in [9.17, 15) is 23.1 Å². The summed E-state index contributed by atoms with van der Waals surface area (Å²) < 4.78 is 27.4. The first kappa shape index (κ1) is 19.8. The molecule has 1 unspecified atom stereocenters. The highest BCUT2D eigenvalue weighted by atomic mass is 32.2. The topological polar surface area (TPSA) is 104 Å². The first-order valence-corrected chi connectivity index (χ1v) is 10.9. The van der Waals surface area contributed by atoms with Crippen molar-refractivity contribution in [3.8, 4) is 0 Å². The van der Waals surface area contributed by atoms with Crippen LogP contribution in [0.1, 0.15) is 54.4 Å². The van der Waals surface area contributed by atoms with Gasteiger partial charge in [0.25, 0.3) is 5.91 Å². The molecule has 148 valence electrons. The molecule has 2 fully saturated rings. The number of sulfonamides is 1. The molecule has 1 aromatic carbocycles. The van der Waals surface area contributed by atoms with Crippen LogP contribution in [0.15, 0.2) is 23.1 Å². The van der Waals surface area contributed by atoms with Crippen molar-refractivity contribution >= 4 is 21.9 Å². The molecule has 0 bridgehead atoms. The number of benzene rings is 1. The SMILES string of the molecule is Cc1ccc(C(=O)NC(CC2CC2)C(=O)O)cc1S(=O)(=O)N1CCCCC1. The summed E-state index contributed by atoms with van der Waals surface area (Å²) >= 11 is 0. The highest BCUT2D eigenvalue weighted by Crippen LogP contribution is 2.33. The van der Waals surface area contributed by atoms with Gasteiger partial charge in [-0.3, -0.25) is 4.79 Å². The zero-order chi connectivity index (χ0) is 19.6. The quantitative estimate of drug-likeness (QED) is 0.737. The third kappa shape index (κ3) is 4.68. The van der Waals surface area contributed by atoms with Crippen LogP contribution in [0.5, 0.6) is 0 Å². The van der Waals surface area contributed by atoms with Crippen LogP contribution in [0.3, 0.4) is 0 Å². The Morgan fingerprint density at radius 2 is 1.89 bits per heavy atom. The average molecular weight is 394 g/mol. The second kappa shape index (κ2) is 7.98. The molecular weight excluding hydrogens is 368 g/mol. The van der Waals surface area contributed by atoms with E-state index in [4.69, 9.17) is 0 Å². The molecule has 8 heteroatoms. The van der Waals surface area contributed by atoms with Crippen molar-refractivity contribution in [2.75, 3.05) is 13.1 Å². The maximum absolute atomic E-state index is 13.0. The Bertz CT molecular complexity index is 827. The van der Waals surface area contributed by atoms with E-state index in [1.165, 1.54) is 16.4 Å². The van der Waals surface area contributed by atoms with Gasteiger partial charge in [0.15, 0.2) is 0 Å². The minimum atomic E-state index is -3.67. The van der Waals surface area contributed by atoms with Gasteiger partial charge in [0.05, 0.1) is 4.90 Å². The Morgan fingerprint density at radius 3 is 2.48 bits per heavy atom. The van der Waals surface area contributed by atoms with Gasteiger partial charge in [-0.1, -0.05) is 25.3 Å². The first-order chi connectivity index (χ1) is 12.8. The second-order valence-corrected chi connectivity index (χ2v) is 9.39. The highest BCUT2D eigenvalue weighted by Gasteiger charge is 2.31. The second-order valence-electron chi connectivity index (χ2n) is 7.49. The van der Waals surface area contributed by atoms with E-state index in [0.717, 1.165) is 32.1 Å². The van der Waals surface area contributed by atoms with Crippen molar-refractivity contribution in [1.29, 1.82) is 0 Å². The van der Waals surface area contributed by atoms with Crippen molar-refractivity contribution in [3.05, 3.63) is 29.3 Å². The van der Waals surface area contributed by atoms with Crippen molar-refractivity contribution in [2.24, 2.45) is 5.92 Å². The highest BCUT2D eigenvalue weighted by molar-refractivity contribution is 7.89. The molecule has 2 N–H and O–H groups in total. The predicted octanol–water partition coefficient (Wildman–Crippen LogP) is 2.15. The van der Waals surface area contributed by atoms with E-state index in [1.807, 2.05) is 0 Å². The van der Waals surface area contributed by atoms with Crippen LogP contribution in [0.25, 0.3) is 0 Å². The van der Waals surface area contributed by atoms with Crippen LogP contribution in [-0.2, 0) is 14.8 Å². The number of carbonyl (C=O) groups is 2. The number of nitrogens with one attached hydrogen (secondary N) is 1. The number of amides is 1. The fourth-order valence-electron chi connectivity index (χ4n) is 3.41. The van der Waals surface area contributed by atoms with E-state index in [-0.39, 0.29) is 10.5 Å². The first-order valence-electron chi connectivity index (χ1n) is 9.43. The monoisotopic (exact) mass is 394 g/mol. The molecule has 1 saturated carbocycles. The Balaban J connectivity index is 1.81. The zero-order valence-electron chi connectivity index (χ0n) is 15.5. The fourth-order valence-corrected chi connectivity index (χ4v) is 5.18. The van der Waals surface area contributed by atoms with E-state index in [0.29, 0.717) is 31.0 Å². The zero-order valence-corrected chi connectivity index (χ0v) is 16.3. The Labute approximate surface area is 159 Å². The maximum Gasteiger partial charge on any atom is 0.326 e. The lowest BCUT2D eigenvalue weighted by Gasteiger charge is -2.26. The normalized spacial score (nSPS) is 19.4. The van der Waals surface area contributed by atoms with Gasteiger partial charge in [0.2, 0.25) is 10.0 Å². The number of aryl methyl sites for hydroxylation is 1. The molecule has 1 atom stereocenters. The number of rotatable bonds is 7. The minimum absolute atomic E-state index is 0.117. The number of nitrogens with zero attached hydrogens (tertiary/aromatic N) is 1. The molecule has 1 heterocycles. The molecule has 0 spiro atoms. The number of hydrogen-bond acceptors (Lipinski definition) is 4. The van der Waals surface area contributed by atoms with Gasteiger partial charge in [-0.05, 0) is 49.8 Å². The van der Waals surface area contributed by atoms with Gasteiger partial charge in [-0.2, -0.15) is 4.31 Å². The van der Waals surface area contributed by atoms with E-state index < -0.39 is 27.9 Å². The van der Waals surface area contributed by atoms with Gasteiger partial charge >= 0.3 is 5.97 Å². The lowest BCUT2D eigenvalue weighted by Crippen LogP contribution is -2.41. The molecular formula is C19H26N2O5S. The number of carboxylic acid groups (broad SMARTS) is 1. The van der Waals surface area contributed by atoms with Crippen molar-refractivity contribution in [3.63, 3.8) is 0 Å². The summed E-state index contributed by atoms with van der Waals surface area (Å²) in [6, 6.07) is 3.55. The number of aliphatic carboxylic acids is 1. The summed E-state index contributed by atoms with van der Waals surface area (Å²) in [6.45, 7) is 2.67. The molecule has 27 heavy (non-hydrogen) atoms. The molecule has 7 nitrogen and oxygen atoms in total. The Hall–Kier alpha value is -1.93. The molecule has 1 aliphatic heterocycles. The van der Waals surface area contributed by atoms with Crippen molar-refractivity contribution < 1.29 is 23.1 Å². The summed E-state index contributed by atoms with van der Waals surface area (Å²) in [5.41, 5.74) is 0.739. The van der Waals surface area contributed by atoms with Gasteiger partial charge in [0.1, 0.15) is 6.04 Å². The van der Waals surface area contributed by atoms with Crippen LogP contribution in [-0.4, -0.2) is 48.8 Å². The lowest BCUT2D eigenvalue weighted by molar-refractivity contribution is -0.139. The molecule has 1 aliphatic carbocycles. The van der Waals surface area contributed by atoms with E-state index in [2.05, 4.69) is 5.32 Å². The maximum atomic E-state index is 13.0. The van der Waals surface area contributed by atoms with Crippen LogP contribution in [0, 0.1) is 12.8 Å². The molecule has 2 aliphatic rings. The number of hydrogen-bond donors (Lipinski definition) is 2. The third-order valence-corrected chi connectivity index (χ3v) is 7.29. The Kier molecular flexibility index (Phi) is 5.86. The van der Waals surface area contributed by atoms with Crippen molar-refractivity contribution in [1.82, 2.24) is 9.62 Å². The number of carbonyl (C=O) groups excluding carboxylic acids is 1. The molecule has 1 aromatic rings. The largest absolute Gasteiger partial charge is 0.480 e.